The summed E-state index contributed by atoms with van der Waals surface area (Å²) in [6.45, 7) is 0.238. The van der Waals surface area contributed by atoms with Gasteiger partial charge in [0.05, 0.1) is 6.20 Å². The van der Waals surface area contributed by atoms with Crippen molar-refractivity contribution >= 4 is 57.2 Å². The SMILES string of the molecule is CON=C(C(=O)N[C@@H]1C(=O)N2C(C(=O)O)=C(C[n+]3ccn4c(C#N)ccc4c3)CS[C@@H]12)c1csc(N)n1. The Bertz CT molecular complexity index is 1550. The minimum absolute atomic E-state index is 0.0993. The number of aliphatic carboxylic acids is 1. The Hall–Kier alpha value is -4.42. The third-order valence-corrected chi connectivity index (χ3v) is 7.86. The number of aromatic nitrogens is 3. The molecular weight excluding hydrogens is 520 g/mol. The predicted octanol–water partition coefficient (Wildman–Crippen LogP) is -0.0735. The summed E-state index contributed by atoms with van der Waals surface area (Å²) in [5.74, 6) is -2.12. The molecule has 15 heteroatoms. The number of amides is 2. The van der Waals surface area contributed by atoms with Gasteiger partial charge >= 0.3 is 5.97 Å². The molecule has 1 fully saturated rings. The van der Waals surface area contributed by atoms with Gasteiger partial charge in [0.25, 0.3) is 11.8 Å². The van der Waals surface area contributed by atoms with Crippen LogP contribution >= 0.6 is 23.1 Å². The van der Waals surface area contributed by atoms with Crippen molar-refractivity contribution in [3.05, 3.63) is 58.8 Å². The number of oxime groups is 1. The van der Waals surface area contributed by atoms with Crippen LogP contribution in [0.2, 0.25) is 0 Å². The Morgan fingerprint density at radius 1 is 1.46 bits per heavy atom. The number of thiazole rings is 1. The van der Waals surface area contributed by atoms with Gasteiger partial charge in [-0.3, -0.25) is 18.9 Å². The number of hydrogen-bond donors (Lipinski definition) is 3. The van der Waals surface area contributed by atoms with Crippen LogP contribution in [0.4, 0.5) is 5.13 Å². The number of fused-ring (bicyclic) bond motifs is 2. The van der Waals surface area contributed by atoms with Crippen molar-refractivity contribution in [2.75, 3.05) is 18.6 Å². The van der Waals surface area contributed by atoms with Crippen molar-refractivity contribution in [3.8, 4) is 6.07 Å². The van der Waals surface area contributed by atoms with Crippen molar-refractivity contribution in [1.29, 1.82) is 5.26 Å². The van der Waals surface area contributed by atoms with Gasteiger partial charge < -0.3 is 21.0 Å². The molecule has 13 nitrogen and oxygen atoms in total. The first-order valence-corrected chi connectivity index (χ1v) is 12.7. The van der Waals surface area contributed by atoms with Gasteiger partial charge in [-0.1, -0.05) is 5.16 Å². The molecule has 0 radical (unpaired) electrons. The van der Waals surface area contributed by atoms with Gasteiger partial charge in [0.15, 0.2) is 29.8 Å². The van der Waals surface area contributed by atoms with Gasteiger partial charge in [0.1, 0.15) is 47.2 Å². The average Bonchev–Trinajstić information content (AvgIpc) is 3.50. The Kier molecular flexibility index (Phi) is 6.27. The fourth-order valence-electron chi connectivity index (χ4n) is 4.22. The zero-order chi connectivity index (χ0) is 26.3. The van der Waals surface area contributed by atoms with Crippen LogP contribution in [0.3, 0.4) is 0 Å². The second-order valence-electron chi connectivity index (χ2n) is 8.04. The summed E-state index contributed by atoms with van der Waals surface area (Å²) >= 11 is 2.48. The second kappa shape index (κ2) is 9.56. The lowest BCUT2D eigenvalue weighted by molar-refractivity contribution is -0.688. The van der Waals surface area contributed by atoms with Crippen LogP contribution in [-0.2, 0) is 25.8 Å². The highest BCUT2D eigenvalue weighted by Gasteiger charge is 2.54. The van der Waals surface area contributed by atoms with Crippen molar-refractivity contribution in [1.82, 2.24) is 19.6 Å². The Balaban J connectivity index is 1.36. The molecule has 37 heavy (non-hydrogen) atoms. The van der Waals surface area contributed by atoms with Gasteiger partial charge in [-0.2, -0.15) is 9.83 Å². The molecule has 1 saturated heterocycles. The zero-order valence-electron chi connectivity index (χ0n) is 19.2. The topological polar surface area (TPSA) is 179 Å². The third kappa shape index (κ3) is 4.26. The van der Waals surface area contributed by atoms with E-state index in [1.165, 1.54) is 23.8 Å². The van der Waals surface area contributed by atoms with Crippen molar-refractivity contribution in [3.63, 3.8) is 0 Å². The summed E-state index contributed by atoms with van der Waals surface area (Å²) in [6, 6.07) is 4.65. The quantitative estimate of drug-likeness (QED) is 0.160. The maximum Gasteiger partial charge on any atom is 0.352 e. The molecule has 5 heterocycles. The molecule has 4 N–H and O–H groups in total. The van der Waals surface area contributed by atoms with Crippen LogP contribution in [0.5, 0.6) is 0 Å². The van der Waals surface area contributed by atoms with Gasteiger partial charge in [-0.05, 0) is 12.1 Å². The smallest absolute Gasteiger partial charge is 0.352 e. The van der Waals surface area contributed by atoms with Crippen LogP contribution in [0.1, 0.15) is 11.4 Å². The monoisotopic (exact) mass is 539 g/mol. The lowest BCUT2D eigenvalue weighted by Gasteiger charge is -2.49. The van der Waals surface area contributed by atoms with E-state index in [0.717, 1.165) is 16.9 Å². The number of rotatable bonds is 7. The van der Waals surface area contributed by atoms with E-state index in [2.05, 4.69) is 21.5 Å². The molecule has 3 aromatic heterocycles. The van der Waals surface area contributed by atoms with Crippen LogP contribution in [0.25, 0.3) is 5.52 Å². The fraction of sp³-hybridized carbons (Fsp3) is 0.227. The lowest BCUT2D eigenvalue weighted by atomic mass is 10.0. The average molecular weight is 540 g/mol. The van der Waals surface area contributed by atoms with Crippen LogP contribution in [0.15, 0.2) is 52.5 Å². The lowest BCUT2D eigenvalue weighted by Crippen LogP contribution is -2.71. The molecule has 2 aliphatic heterocycles. The number of nitrogens with zero attached hydrogens (tertiary/aromatic N) is 6. The van der Waals surface area contributed by atoms with E-state index in [1.54, 1.807) is 45.1 Å². The number of nitriles is 1. The maximum absolute atomic E-state index is 13.0. The molecule has 0 saturated carbocycles. The van der Waals surface area contributed by atoms with Gasteiger partial charge in [-0.15, -0.1) is 23.1 Å². The Morgan fingerprint density at radius 2 is 2.27 bits per heavy atom. The standard InChI is InChI=1S/C22H18N8O5S2/c1-35-27-15(14-10-37-22(24)25-14)18(31)26-16-19(32)30-17(21(33)34)11(9-36-20(16)30)7-28-4-5-29-12(6-23)2-3-13(29)8-28/h2-5,8,10,16,20H,7,9H2,1H3,(H3-,24,25,26,31,33,34)/p+1/t16-,20+/m1/s1. The normalized spacial score (nSPS) is 19.3. The summed E-state index contributed by atoms with van der Waals surface area (Å²) in [5.41, 5.74) is 7.41. The van der Waals surface area contributed by atoms with Gasteiger partial charge in [0, 0.05) is 16.7 Å². The number of carboxylic acid groups (broad SMARTS) is 1. The molecule has 2 aliphatic rings. The molecule has 2 atom stereocenters. The molecule has 0 spiro atoms. The van der Waals surface area contributed by atoms with Crippen LogP contribution in [0, 0.1) is 11.3 Å². The Morgan fingerprint density at radius 3 is 2.95 bits per heavy atom. The number of nitrogen functional groups attached to an aromatic ring is 1. The second-order valence-corrected chi connectivity index (χ2v) is 10.0. The summed E-state index contributed by atoms with van der Waals surface area (Å²) in [7, 11) is 1.27. The number of nitrogens with one attached hydrogen (secondary N) is 1. The maximum atomic E-state index is 13.0. The molecular formula is C22H19N8O5S2+. The minimum atomic E-state index is -1.23. The number of hydrogen-bond acceptors (Lipinski definition) is 10. The van der Waals surface area contributed by atoms with Crippen molar-refractivity contribution in [2.45, 2.75) is 18.0 Å². The number of carbonyl (C=O) groups excluding carboxylic acids is 2. The number of carboxylic acids is 1. The van der Waals surface area contributed by atoms with E-state index in [9.17, 15) is 24.8 Å². The first-order chi connectivity index (χ1) is 17.8. The highest BCUT2D eigenvalue weighted by molar-refractivity contribution is 8.00. The highest BCUT2D eigenvalue weighted by Crippen LogP contribution is 2.40. The van der Waals surface area contributed by atoms with Crippen molar-refractivity contribution < 1.29 is 28.9 Å². The van der Waals surface area contributed by atoms with E-state index in [1.807, 2.05) is 0 Å². The number of β-lactam (4-membered cyclic amide) rings is 1. The molecule has 3 aromatic rings. The van der Waals surface area contributed by atoms with Crippen molar-refractivity contribution in [2.24, 2.45) is 5.16 Å². The molecule has 0 unspecified atom stereocenters. The number of thioether (sulfide) groups is 1. The molecule has 0 aromatic carbocycles. The first-order valence-electron chi connectivity index (χ1n) is 10.8. The van der Waals surface area contributed by atoms with E-state index in [0.29, 0.717) is 17.0 Å². The van der Waals surface area contributed by atoms with E-state index < -0.39 is 29.2 Å². The number of carbonyl (C=O) groups is 3. The predicted molar refractivity (Wildman–Crippen MR) is 132 cm³/mol. The zero-order valence-corrected chi connectivity index (χ0v) is 20.8. The van der Waals surface area contributed by atoms with Crippen LogP contribution in [-0.4, -0.2) is 67.2 Å². The molecule has 0 bridgehead atoms. The summed E-state index contributed by atoms with van der Waals surface area (Å²) in [5, 5.41) is 26.7. The van der Waals surface area contributed by atoms with E-state index in [-0.39, 0.29) is 28.8 Å². The van der Waals surface area contributed by atoms with Crippen LogP contribution < -0.4 is 15.6 Å². The summed E-state index contributed by atoms with van der Waals surface area (Å²) < 4.78 is 3.52. The minimum Gasteiger partial charge on any atom is -0.477 e. The summed E-state index contributed by atoms with van der Waals surface area (Å²) in [6.07, 6.45) is 5.26. The largest absolute Gasteiger partial charge is 0.477 e. The van der Waals surface area contributed by atoms with Gasteiger partial charge in [0.2, 0.25) is 0 Å². The molecule has 188 valence electrons. The molecule has 5 rings (SSSR count). The van der Waals surface area contributed by atoms with E-state index in [4.69, 9.17) is 10.6 Å². The number of anilines is 1. The first kappa shape index (κ1) is 24.3. The van der Waals surface area contributed by atoms with Gasteiger partial charge in [-0.25, -0.2) is 9.78 Å². The number of nitrogens with two attached hydrogens (primary N) is 1. The highest BCUT2D eigenvalue weighted by atomic mass is 32.2. The van der Waals surface area contributed by atoms with E-state index >= 15 is 0 Å². The fourth-order valence-corrected chi connectivity index (χ4v) is 6.10. The summed E-state index contributed by atoms with van der Waals surface area (Å²) in [4.78, 5) is 48.1. The third-order valence-electron chi connectivity index (χ3n) is 5.84. The Labute approximate surface area is 217 Å². The molecule has 2 amide bonds. The molecule has 0 aliphatic carbocycles.